The molecule has 1 aliphatic heterocycles. The number of ether oxygens (including phenoxy) is 1. The fraction of sp³-hybridized carbons (Fsp3) is 0.421. The SMILES string of the molecule is O=C(NCC[C@@H]1CC[C@@H](NS(=O)(=O)c2cccc(F)c2)[C@@H](CO)O1)c1cnccn1. The van der Waals surface area contributed by atoms with Crippen molar-refractivity contribution < 1.29 is 27.4 Å². The van der Waals surface area contributed by atoms with Gasteiger partial charge in [0.1, 0.15) is 11.5 Å². The van der Waals surface area contributed by atoms with Crippen LogP contribution in [-0.2, 0) is 14.8 Å². The van der Waals surface area contributed by atoms with Gasteiger partial charge in [-0.05, 0) is 37.5 Å². The molecule has 1 aromatic heterocycles. The van der Waals surface area contributed by atoms with Crippen LogP contribution in [0.4, 0.5) is 4.39 Å². The number of carbonyl (C=O) groups excluding carboxylic acids is 1. The van der Waals surface area contributed by atoms with Crippen LogP contribution in [0.25, 0.3) is 0 Å². The highest BCUT2D eigenvalue weighted by atomic mass is 32.2. The summed E-state index contributed by atoms with van der Waals surface area (Å²) in [5.74, 6) is -1.00. The molecule has 9 nitrogen and oxygen atoms in total. The van der Waals surface area contributed by atoms with E-state index in [1.807, 2.05) is 0 Å². The Morgan fingerprint density at radius 2 is 2.13 bits per heavy atom. The van der Waals surface area contributed by atoms with E-state index in [1.165, 1.54) is 30.7 Å². The molecule has 1 saturated heterocycles. The average Bonchev–Trinajstić information content (AvgIpc) is 2.75. The summed E-state index contributed by atoms with van der Waals surface area (Å²) in [5.41, 5.74) is 0.210. The van der Waals surface area contributed by atoms with E-state index in [1.54, 1.807) is 0 Å². The predicted molar refractivity (Wildman–Crippen MR) is 104 cm³/mol. The fourth-order valence-electron chi connectivity index (χ4n) is 3.23. The topological polar surface area (TPSA) is 131 Å². The second kappa shape index (κ2) is 10.0. The van der Waals surface area contributed by atoms with Gasteiger partial charge in [0.2, 0.25) is 10.0 Å². The summed E-state index contributed by atoms with van der Waals surface area (Å²) in [6.07, 6.45) is 4.73. The maximum Gasteiger partial charge on any atom is 0.271 e. The number of rotatable bonds is 8. The molecule has 1 amide bonds. The largest absolute Gasteiger partial charge is 0.394 e. The summed E-state index contributed by atoms with van der Waals surface area (Å²) in [5, 5.41) is 12.4. The zero-order valence-electron chi connectivity index (χ0n) is 16.1. The smallest absolute Gasteiger partial charge is 0.271 e. The van der Waals surface area contributed by atoms with E-state index in [-0.39, 0.29) is 29.2 Å². The molecular formula is C19H23FN4O5S. The van der Waals surface area contributed by atoms with Gasteiger partial charge in [-0.25, -0.2) is 22.5 Å². The number of aromatic nitrogens is 2. The summed E-state index contributed by atoms with van der Waals surface area (Å²) < 4.78 is 46.7. The molecule has 1 aromatic carbocycles. The molecule has 0 bridgehead atoms. The lowest BCUT2D eigenvalue weighted by molar-refractivity contribution is -0.0871. The molecule has 0 aliphatic carbocycles. The van der Waals surface area contributed by atoms with Gasteiger partial charge >= 0.3 is 0 Å². The minimum atomic E-state index is -3.95. The number of sulfonamides is 1. The Bertz CT molecular complexity index is 960. The van der Waals surface area contributed by atoms with Gasteiger partial charge in [-0.15, -0.1) is 0 Å². The van der Waals surface area contributed by atoms with Gasteiger partial charge < -0.3 is 15.2 Å². The number of carbonyl (C=O) groups is 1. The molecule has 3 atom stereocenters. The highest BCUT2D eigenvalue weighted by Crippen LogP contribution is 2.23. The average molecular weight is 438 g/mol. The molecule has 3 N–H and O–H groups in total. The Morgan fingerprint density at radius 3 is 2.83 bits per heavy atom. The van der Waals surface area contributed by atoms with Crippen LogP contribution < -0.4 is 10.0 Å². The second-order valence-electron chi connectivity index (χ2n) is 6.88. The van der Waals surface area contributed by atoms with E-state index in [4.69, 9.17) is 4.74 Å². The Hall–Kier alpha value is -2.47. The van der Waals surface area contributed by atoms with E-state index >= 15 is 0 Å². The Morgan fingerprint density at radius 1 is 1.30 bits per heavy atom. The number of hydrogen-bond donors (Lipinski definition) is 3. The van der Waals surface area contributed by atoms with Crippen LogP contribution in [0.1, 0.15) is 29.8 Å². The van der Waals surface area contributed by atoms with Crippen LogP contribution in [0.15, 0.2) is 47.8 Å². The summed E-state index contributed by atoms with van der Waals surface area (Å²) in [6, 6.07) is 4.06. The zero-order chi connectivity index (χ0) is 21.6. The number of benzene rings is 1. The molecule has 162 valence electrons. The van der Waals surface area contributed by atoms with Crippen molar-refractivity contribution in [1.82, 2.24) is 20.0 Å². The van der Waals surface area contributed by atoms with Crippen LogP contribution in [-0.4, -0.2) is 60.8 Å². The first-order chi connectivity index (χ1) is 14.4. The minimum Gasteiger partial charge on any atom is -0.394 e. The van der Waals surface area contributed by atoms with Crippen molar-refractivity contribution in [3.05, 3.63) is 54.4 Å². The molecule has 1 aliphatic rings. The molecule has 2 aromatic rings. The number of aliphatic hydroxyl groups is 1. The van der Waals surface area contributed by atoms with Crippen molar-refractivity contribution in [3.63, 3.8) is 0 Å². The van der Waals surface area contributed by atoms with Crippen LogP contribution in [0.3, 0.4) is 0 Å². The standard InChI is InChI=1S/C19H23FN4O5S/c20-13-2-1-3-15(10-13)30(27,28)24-16-5-4-14(29-18(16)12-25)6-7-23-19(26)17-11-21-8-9-22-17/h1-3,8-11,14,16,18,24-25H,4-7,12H2,(H,23,26)/t14-,16+,18+/m0/s1. The lowest BCUT2D eigenvalue weighted by Gasteiger charge is -2.36. The van der Waals surface area contributed by atoms with Crippen molar-refractivity contribution in [1.29, 1.82) is 0 Å². The first-order valence-electron chi connectivity index (χ1n) is 9.47. The first kappa shape index (κ1) is 22.2. The lowest BCUT2D eigenvalue weighted by atomic mass is 9.98. The molecule has 3 rings (SSSR count). The highest BCUT2D eigenvalue weighted by Gasteiger charge is 2.34. The van der Waals surface area contributed by atoms with Gasteiger partial charge in [0.25, 0.3) is 5.91 Å². The normalized spacial score (nSPS) is 21.9. The third-order valence-corrected chi connectivity index (χ3v) is 6.24. The molecule has 0 saturated carbocycles. The summed E-state index contributed by atoms with van der Waals surface area (Å²) >= 11 is 0. The molecular weight excluding hydrogens is 415 g/mol. The first-order valence-corrected chi connectivity index (χ1v) is 11.0. The van der Waals surface area contributed by atoms with E-state index in [2.05, 4.69) is 20.0 Å². The maximum absolute atomic E-state index is 13.4. The second-order valence-corrected chi connectivity index (χ2v) is 8.59. The highest BCUT2D eigenvalue weighted by molar-refractivity contribution is 7.89. The van der Waals surface area contributed by atoms with E-state index in [0.717, 1.165) is 12.1 Å². The number of amides is 1. The van der Waals surface area contributed by atoms with Gasteiger partial charge in [-0.2, -0.15) is 0 Å². The molecule has 1 fully saturated rings. The fourth-order valence-corrected chi connectivity index (χ4v) is 4.56. The maximum atomic E-state index is 13.4. The van der Waals surface area contributed by atoms with E-state index < -0.39 is 28.0 Å². The third kappa shape index (κ3) is 5.79. The Kier molecular flexibility index (Phi) is 7.43. The van der Waals surface area contributed by atoms with Gasteiger partial charge in [0, 0.05) is 18.9 Å². The van der Waals surface area contributed by atoms with Crippen molar-refractivity contribution in [2.75, 3.05) is 13.2 Å². The molecule has 2 heterocycles. The third-order valence-electron chi connectivity index (χ3n) is 4.76. The van der Waals surface area contributed by atoms with Crippen molar-refractivity contribution in [2.24, 2.45) is 0 Å². The number of halogens is 1. The molecule has 0 radical (unpaired) electrons. The molecule has 0 unspecified atom stereocenters. The van der Waals surface area contributed by atoms with Crippen LogP contribution in [0.5, 0.6) is 0 Å². The van der Waals surface area contributed by atoms with Gasteiger partial charge in [-0.1, -0.05) is 6.07 Å². The Balaban J connectivity index is 1.51. The molecule has 30 heavy (non-hydrogen) atoms. The van der Waals surface area contributed by atoms with Gasteiger partial charge in [0.15, 0.2) is 0 Å². The summed E-state index contributed by atoms with van der Waals surface area (Å²) in [6.45, 7) is -0.0449. The lowest BCUT2D eigenvalue weighted by Crippen LogP contribution is -2.51. The number of nitrogens with one attached hydrogen (secondary N) is 2. The van der Waals surface area contributed by atoms with Gasteiger partial charge in [0.05, 0.1) is 35.9 Å². The summed E-state index contributed by atoms with van der Waals surface area (Å²) in [4.78, 5) is 19.5. The quantitative estimate of drug-likeness (QED) is 0.551. The molecule has 0 spiro atoms. The van der Waals surface area contributed by atoms with Crippen LogP contribution in [0, 0.1) is 5.82 Å². The van der Waals surface area contributed by atoms with Crippen LogP contribution in [0.2, 0.25) is 0 Å². The Labute approximate surface area is 173 Å². The molecule has 11 heteroatoms. The summed E-state index contributed by atoms with van der Waals surface area (Å²) in [7, 11) is -3.95. The predicted octanol–water partition coefficient (Wildman–Crippen LogP) is 0.623. The number of hydrogen-bond acceptors (Lipinski definition) is 7. The number of nitrogens with zero attached hydrogens (tertiary/aromatic N) is 2. The van der Waals surface area contributed by atoms with E-state index in [0.29, 0.717) is 25.8 Å². The monoisotopic (exact) mass is 438 g/mol. The van der Waals surface area contributed by atoms with E-state index in [9.17, 15) is 22.7 Å². The van der Waals surface area contributed by atoms with Gasteiger partial charge in [-0.3, -0.25) is 9.78 Å². The van der Waals surface area contributed by atoms with Crippen molar-refractivity contribution >= 4 is 15.9 Å². The van der Waals surface area contributed by atoms with Crippen molar-refractivity contribution in [3.8, 4) is 0 Å². The number of aliphatic hydroxyl groups excluding tert-OH is 1. The van der Waals surface area contributed by atoms with Crippen LogP contribution >= 0.6 is 0 Å². The zero-order valence-corrected chi connectivity index (χ0v) is 16.9. The van der Waals surface area contributed by atoms with Crippen molar-refractivity contribution in [2.45, 2.75) is 42.4 Å². The minimum absolute atomic E-state index is 0.187.